The minimum absolute atomic E-state index is 0.403. The van der Waals surface area contributed by atoms with Crippen LogP contribution in [0.5, 0.6) is 5.75 Å². The van der Waals surface area contributed by atoms with E-state index in [1.807, 2.05) is 18.2 Å². The Morgan fingerprint density at radius 3 is 3.00 bits per heavy atom. The first-order valence-electron chi connectivity index (χ1n) is 5.29. The van der Waals surface area contributed by atoms with E-state index in [0.717, 1.165) is 18.7 Å². The van der Waals surface area contributed by atoms with Gasteiger partial charge >= 0.3 is 0 Å². The van der Waals surface area contributed by atoms with Crippen LogP contribution in [0.25, 0.3) is 0 Å². The van der Waals surface area contributed by atoms with Crippen molar-refractivity contribution >= 4 is 0 Å². The molecule has 2 rings (SSSR count). The van der Waals surface area contributed by atoms with E-state index in [4.69, 9.17) is 4.74 Å². The molecular formula is C12H16FNO. The number of piperidine rings is 1. The molecule has 0 saturated carbocycles. The number of nitrogens with one attached hydrogen (secondary N) is 1. The summed E-state index contributed by atoms with van der Waals surface area (Å²) in [5.41, 5.74) is -0.513. The molecule has 1 N–H and O–H groups in total. The zero-order valence-corrected chi connectivity index (χ0v) is 8.92. The van der Waals surface area contributed by atoms with Crippen molar-refractivity contribution in [1.82, 2.24) is 5.32 Å². The molecular weight excluding hydrogens is 193 g/mol. The van der Waals surface area contributed by atoms with Crippen LogP contribution in [0.4, 0.5) is 4.39 Å². The second kappa shape index (κ2) is 4.19. The van der Waals surface area contributed by atoms with E-state index >= 15 is 0 Å². The van der Waals surface area contributed by atoms with Crippen molar-refractivity contribution in [1.29, 1.82) is 0 Å². The molecule has 15 heavy (non-hydrogen) atoms. The first-order valence-corrected chi connectivity index (χ1v) is 5.29. The molecule has 0 radical (unpaired) electrons. The fourth-order valence-corrected chi connectivity index (χ4v) is 2.02. The van der Waals surface area contributed by atoms with Crippen LogP contribution < -0.4 is 10.1 Å². The van der Waals surface area contributed by atoms with Gasteiger partial charge in [0, 0.05) is 6.54 Å². The second-order valence-electron chi connectivity index (χ2n) is 3.98. The second-order valence-corrected chi connectivity index (χ2v) is 3.98. The van der Waals surface area contributed by atoms with Crippen molar-refractivity contribution in [2.75, 3.05) is 20.2 Å². The quantitative estimate of drug-likeness (QED) is 0.806. The number of rotatable bonds is 2. The van der Waals surface area contributed by atoms with Gasteiger partial charge in [-0.2, -0.15) is 0 Å². The summed E-state index contributed by atoms with van der Waals surface area (Å²) in [6.07, 6.45) is 1.47. The van der Waals surface area contributed by atoms with Gasteiger partial charge in [-0.05, 0) is 37.1 Å². The first kappa shape index (κ1) is 10.4. The van der Waals surface area contributed by atoms with Crippen molar-refractivity contribution in [3.63, 3.8) is 0 Å². The summed E-state index contributed by atoms with van der Waals surface area (Å²) in [5.74, 6) is 0.718. The zero-order valence-electron chi connectivity index (χ0n) is 8.92. The topological polar surface area (TPSA) is 21.3 Å². The normalized spacial score (nSPS) is 26.3. The standard InChI is InChI=1S/C12H16FNO/c1-15-11-5-2-4-10(8-11)12(13)6-3-7-14-9-12/h2,4-5,8,14H,3,6-7,9H2,1H3. The summed E-state index contributed by atoms with van der Waals surface area (Å²) in [6.45, 7) is 1.32. The summed E-state index contributed by atoms with van der Waals surface area (Å²) in [4.78, 5) is 0. The molecule has 1 aromatic carbocycles. The van der Waals surface area contributed by atoms with Gasteiger partial charge in [0.15, 0.2) is 0 Å². The highest BCUT2D eigenvalue weighted by molar-refractivity contribution is 5.33. The lowest BCUT2D eigenvalue weighted by Gasteiger charge is -2.30. The highest BCUT2D eigenvalue weighted by Crippen LogP contribution is 2.34. The first-order chi connectivity index (χ1) is 7.24. The summed E-state index contributed by atoms with van der Waals surface area (Å²) < 4.78 is 19.6. The third kappa shape index (κ3) is 2.12. The predicted octanol–water partition coefficient (Wildman–Crippen LogP) is 2.24. The van der Waals surface area contributed by atoms with Gasteiger partial charge in [-0.1, -0.05) is 12.1 Å². The largest absolute Gasteiger partial charge is 0.497 e. The van der Waals surface area contributed by atoms with E-state index in [1.54, 1.807) is 13.2 Å². The number of benzene rings is 1. The Kier molecular flexibility index (Phi) is 2.91. The summed E-state index contributed by atoms with van der Waals surface area (Å²) in [7, 11) is 1.60. The number of methoxy groups -OCH3 is 1. The lowest BCUT2D eigenvalue weighted by atomic mass is 9.88. The molecule has 82 valence electrons. The van der Waals surface area contributed by atoms with E-state index in [0.29, 0.717) is 18.5 Å². The minimum Gasteiger partial charge on any atom is -0.497 e. The third-order valence-electron chi connectivity index (χ3n) is 2.92. The van der Waals surface area contributed by atoms with Crippen LogP contribution in [0.3, 0.4) is 0 Å². The number of ether oxygens (including phenoxy) is 1. The smallest absolute Gasteiger partial charge is 0.148 e. The van der Waals surface area contributed by atoms with Gasteiger partial charge in [-0.15, -0.1) is 0 Å². The van der Waals surface area contributed by atoms with Gasteiger partial charge in [0.1, 0.15) is 11.4 Å². The Morgan fingerprint density at radius 2 is 2.33 bits per heavy atom. The minimum atomic E-state index is -1.23. The molecule has 0 amide bonds. The highest BCUT2D eigenvalue weighted by Gasteiger charge is 2.33. The fourth-order valence-electron chi connectivity index (χ4n) is 2.02. The van der Waals surface area contributed by atoms with Crippen molar-refractivity contribution < 1.29 is 9.13 Å². The van der Waals surface area contributed by atoms with E-state index in [-0.39, 0.29) is 0 Å². The van der Waals surface area contributed by atoms with Crippen LogP contribution in [0, 0.1) is 0 Å². The maximum atomic E-state index is 14.5. The predicted molar refractivity (Wildman–Crippen MR) is 57.9 cm³/mol. The molecule has 0 bridgehead atoms. The Labute approximate surface area is 89.4 Å². The number of hydrogen-bond donors (Lipinski definition) is 1. The van der Waals surface area contributed by atoms with E-state index in [1.165, 1.54) is 0 Å². The molecule has 3 heteroatoms. The fraction of sp³-hybridized carbons (Fsp3) is 0.500. The maximum Gasteiger partial charge on any atom is 0.148 e. The molecule has 0 aliphatic carbocycles. The molecule has 0 spiro atoms. The monoisotopic (exact) mass is 209 g/mol. The van der Waals surface area contributed by atoms with Crippen LogP contribution in [-0.2, 0) is 5.67 Å². The molecule has 1 heterocycles. The molecule has 2 nitrogen and oxygen atoms in total. The Morgan fingerprint density at radius 1 is 1.47 bits per heavy atom. The average molecular weight is 209 g/mol. The lowest BCUT2D eigenvalue weighted by molar-refractivity contribution is 0.121. The van der Waals surface area contributed by atoms with Crippen molar-refractivity contribution in [2.24, 2.45) is 0 Å². The van der Waals surface area contributed by atoms with Crippen molar-refractivity contribution in [2.45, 2.75) is 18.5 Å². The maximum absolute atomic E-state index is 14.5. The molecule has 0 aromatic heterocycles. The van der Waals surface area contributed by atoms with Gasteiger partial charge in [0.2, 0.25) is 0 Å². The van der Waals surface area contributed by atoms with Crippen LogP contribution >= 0.6 is 0 Å². The molecule has 1 aliphatic rings. The zero-order chi connectivity index (χ0) is 10.7. The van der Waals surface area contributed by atoms with Crippen LogP contribution in [0.15, 0.2) is 24.3 Å². The van der Waals surface area contributed by atoms with Gasteiger partial charge in [-0.25, -0.2) is 4.39 Å². The van der Waals surface area contributed by atoms with E-state index < -0.39 is 5.67 Å². The van der Waals surface area contributed by atoms with Crippen LogP contribution in [-0.4, -0.2) is 20.2 Å². The lowest BCUT2D eigenvalue weighted by Crippen LogP contribution is -2.40. The molecule has 1 saturated heterocycles. The van der Waals surface area contributed by atoms with Gasteiger partial charge in [-0.3, -0.25) is 0 Å². The molecule has 1 unspecified atom stereocenters. The number of alkyl halides is 1. The average Bonchev–Trinajstić information content (AvgIpc) is 2.30. The summed E-state index contributed by atoms with van der Waals surface area (Å²) in [6, 6.07) is 7.29. The summed E-state index contributed by atoms with van der Waals surface area (Å²) in [5, 5.41) is 3.10. The Balaban J connectivity index is 2.26. The molecule has 1 fully saturated rings. The van der Waals surface area contributed by atoms with E-state index in [2.05, 4.69) is 5.32 Å². The summed E-state index contributed by atoms with van der Waals surface area (Å²) >= 11 is 0. The van der Waals surface area contributed by atoms with Gasteiger partial charge in [0.05, 0.1) is 7.11 Å². The Hall–Kier alpha value is -1.09. The highest BCUT2D eigenvalue weighted by atomic mass is 19.1. The SMILES string of the molecule is COc1cccc(C2(F)CCCNC2)c1. The number of halogens is 1. The van der Waals surface area contributed by atoms with Crippen LogP contribution in [0.2, 0.25) is 0 Å². The molecule has 1 aromatic rings. The van der Waals surface area contributed by atoms with Crippen molar-refractivity contribution in [3.05, 3.63) is 29.8 Å². The van der Waals surface area contributed by atoms with Gasteiger partial charge in [0.25, 0.3) is 0 Å². The van der Waals surface area contributed by atoms with E-state index in [9.17, 15) is 4.39 Å². The van der Waals surface area contributed by atoms with Gasteiger partial charge < -0.3 is 10.1 Å². The molecule has 1 atom stereocenters. The molecule has 1 aliphatic heterocycles. The Bertz CT molecular complexity index is 334. The third-order valence-corrected chi connectivity index (χ3v) is 2.92. The van der Waals surface area contributed by atoms with Crippen molar-refractivity contribution in [3.8, 4) is 5.75 Å². The number of hydrogen-bond acceptors (Lipinski definition) is 2. The van der Waals surface area contributed by atoms with Crippen LogP contribution in [0.1, 0.15) is 18.4 Å².